The van der Waals surface area contributed by atoms with Crippen molar-refractivity contribution in [2.75, 3.05) is 5.32 Å². The maximum atomic E-state index is 12.7. The molecule has 0 aliphatic carbocycles. The van der Waals surface area contributed by atoms with Gasteiger partial charge in [0.15, 0.2) is 0 Å². The summed E-state index contributed by atoms with van der Waals surface area (Å²) >= 11 is 0. The fourth-order valence-electron chi connectivity index (χ4n) is 2.93. The number of carbonyl (C=O) groups excluding carboxylic acids is 1. The molecule has 1 amide bonds. The summed E-state index contributed by atoms with van der Waals surface area (Å²) in [5.41, 5.74) is 1.48. The van der Waals surface area contributed by atoms with E-state index < -0.39 is 0 Å². The number of carbonyl (C=O) groups is 1. The molecule has 0 unspecified atom stereocenters. The van der Waals surface area contributed by atoms with Crippen molar-refractivity contribution >= 4 is 11.6 Å². The van der Waals surface area contributed by atoms with Crippen LogP contribution in [0, 0.1) is 0 Å². The Morgan fingerprint density at radius 1 is 0.862 bits per heavy atom. The number of rotatable bonds is 6. The van der Waals surface area contributed by atoms with Crippen molar-refractivity contribution in [1.82, 2.24) is 9.55 Å². The highest BCUT2D eigenvalue weighted by molar-refractivity contribution is 6.03. The molecule has 1 heterocycles. The monoisotopic (exact) mass is 385 g/mol. The van der Waals surface area contributed by atoms with Crippen LogP contribution in [0.4, 0.5) is 5.69 Å². The number of anilines is 1. The zero-order chi connectivity index (χ0) is 20.1. The number of nitrogens with zero attached hydrogens (tertiary/aromatic N) is 1. The van der Waals surface area contributed by atoms with Gasteiger partial charge in [-0.25, -0.2) is 4.79 Å². The Morgan fingerprint density at radius 3 is 2.17 bits per heavy atom. The molecule has 144 valence electrons. The van der Waals surface area contributed by atoms with E-state index in [2.05, 4.69) is 10.3 Å². The van der Waals surface area contributed by atoms with E-state index >= 15 is 0 Å². The highest BCUT2D eigenvalue weighted by Gasteiger charge is 2.15. The number of H-pyrrole nitrogens is 1. The number of ether oxygens (including phenoxy) is 1. The summed E-state index contributed by atoms with van der Waals surface area (Å²) in [6, 6.07) is 26.0. The number of nitrogens with one attached hydrogen (secondary N) is 2. The number of amides is 1. The van der Waals surface area contributed by atoms with E-state index in [1.165, 1.54) is 10.8 Å². The SMILES string of the molecule is O=C(Nc1ccc(Oc2ccccc2)cc1)c1c[nH]c(=O)n1Cc1ccccc1. The van der Waals surface area contributed by atoms with Crippen molar-refractivity contribution in [3.05, 3.63) is 113 Å². The van der Waals surface area contributed by atoms with Crippen LogP contribution in [-0.4, -0.2) is 15.5 Å². The Kier molecular flexibility index (Phi) is 5.25. The molecule has 0 bridgehead atoms. The van der Waals surface area contributed by atoms with E-state index in [4.69, 9.17) is 4.74 Å². The number of hydrogen-bond donors (Lipinski definition) is 2. The van der Waals surface area contributed by atoms with Crippen molar-refractivity contribution in [1.29, 1.82) is 0 Å². The van der Waals surface area contributed by atoms with Crippen LogP contribution in [0.25, 0.3) is 0 Å². The molecule has 29 heavy (non-hydrogen) atoms. The summed E-state index contributed by atoms with van der Waals surface area (Å²) in [7, 11) is 0. The van der Waals surface area contributed by atoms with Crippen molar-refractivity contribution in [3.8, 4) is 11.5 Å². The van der Waals surface area contributed by atoms with Gasteiger partial charge in [0.05, 0.1) is 6.54 Å². The molecule has 0 radical (unpaired) electrons. The zero-order valence-corrected chi connectivity index (χ0v) is 15.5. The summed E-state index contributed by atoms with van der Waals surface area (Å²) < 4.78 is 7.16. The molecule has 0 aliphatic rings. The van der Waals surface area contributed by atoms with Crippen molar-refractivity contribution < 1.29 is 9.53 Å². The molecule has 3 aromatic carbocycles. The van der Waals surface area contributed by atoms with E-state index in [9.17, 15) is 9.59 Å². The highest BCUT2D eigenvalue weighted by atomic mass is 16.5. The number of imidazole rings is 1. The molecule has 1 aromatic heterocycles. The third-order valence-electron chi connectivity index (χ3n) is 4.38. The Morgan fingerprint density at radius 2 is 1.48 bits per heavy atom. The topological polar surface area (TPSA) is 76.1 Å². The second-order valence-corrected chi connectivity index (χ2v) is 6.44. The molecule has 4 aromatic rings. The predicted octanol–water partition coefficient (Wildman–Crippen LogP) is 4.27. The van der Waals surface area contributed by atoms with E-state index in [1.54, 1.807) is 24.3 Å². The van der Waals surface area contributed by atoms with Gasteiger partial charge in [-0.2, -0.15) is 0 Å². The quantitative estimate of drug-likeness (QED) is 0.520. The molecule has 0 spiro atoms. The van der Waals surface area contributed by atoms with E-state index in [-0.39, 0.29) is 17.3 Å². The number of benzene rings is 3. The lowest BCUT2D eigenvalue weighted by Crippen LogP contribution is -2.24. The van der Waals surface area contributed by atoms with Gasteiger partial charge < -0.3 is 15.0 Å². The molecule has 0 atom stereocenters. The molecular formula is C23H19N3O3. The number of aromatic nitrogens is 2. The Bertz CT molecular complexity index is 1150. The second kappa shape index (κ2) is 8.31. The number of hydrogen-bond acceptors (Lipinski definition) is 3. The van der Waals surface area contributed by atoms with Crippen LogP contribution in [-0.2, 0) is 6.54 Å². The van der Waals surface area contributed by atoms with Gasteiger partial charge in [-0.3, -0.25) is 9.36 Å². The lowest BCUT2D eigenvalue weighted by molar-refractivity contribution is 0.101. The molecule has 6 nitrogen and oxygen atoms in total. The van der Waals surface area contributed by atoms with Crippen molar-refractivity contribution in [3.63, 3.8) is 0 Å². The van der Waals surface area contributed by atoms with Gasteiger partial charge in [-0.05, 0) is 42.0 Å². The Balaban J connectivity index is 1.46. The fraction of sp³-hybridized carbons (Fsp3) is 0.0435. The lowest BCUT2D eigenvalue weighted by atomic mass is 10.2. The molecular weight excluding hydrogens is 366 g/mol. The van der Waals surface area contributed by atoms with Crippen LogP contribution >= 0.6 is 0 Å². The number of aromatic amines is 1. The van der Waals surface area contributed by atoms with Gasteiger partial charge >= 0.3 is 5.69 Å². The first kappa shape index (κ1) is 18.3. The van der Waals surface area contributed by atoms with E-state index in [0.717, 1.165) is 11.3 Å². The second-order valence-electron chi connectivity index (χ2n) is 6.44. The first-order valence-electron chi connectivity index (χ1n) is 9.15. The maximum absolute atomic E-state index is 12.7. The maximum Gasteiger partial charge on any atom is 0.326 e. The van der Waals surface area contributed by atoms with Crippen LogP contribution < -0.4 is 15.7 Å². The van der Waals surface area contributed by atoms with Crippen molar-refractivity contribution in [2.45, 2.75) is 6.54 Å². The predicted molar refractivity (Wildman–Crippen MR) is 112 cm³/mol. The zero-order valence-electron chi connectivity index (χ0n) is 15.5. The average Bonchev–Trinajstić information content (AvgIpc) is 3.11. The summed E-state index contributed by atoms with van der Waals surface area (Å²) in [6.45, 7) is 0.315. The average molecular weight is 385 g/mol. The smallest absolute Gasteiger partial charge is 0.326 e. The summed E-state index contributed by atoms with van der Waals surface area (Å²) in [6.07, 6.45) is 1.42. The normalized spacial score (nSPS) is 10.5. The lowest BCUT2D eigenvalue weighted by Gasteiger charge is -2.10. The summed E-state index contributed by atoms with van der Waals surface area (Å²) in [5, 5.41) is 2.81. The fourth-order valence-corrected chi connectivity index (χ4v) is 2.93. The minimum absolute atomic E-state index is 0.267. The van der Waals surface area contributed by atoms with Gasteiger partial charge in [0.2, 0.25) is 0 Å². The van der Waals surface area contributed by atoms with Gasteiger partial charge in [-0.15, -0.1) is 0 Å². The first-order valence-corrected chi connectivity index (χ1v) is 9.15. The summed E-state index contributed by atoms with van der Waals surface area (Å²) in [4.78, 5) is 27.4. The molecule has 6 heteroatoms. The van der Waals surface area contributed by atoms with Crippen LogP contribution in [0.5, 0.6) is 11.5 Å². The minimum atomic E-state index is -0.365. The van der Waals surface area contributed by atoms with Gasteiger partial charge in [-0.1, -0.05) is 48.5 Å². The molecule has 0 saturated heterocycles. The van der Waals surface area contributed by atoms with Crippen LogP contribution in [0.3, 0.4) is 0 Å². The first-order chi connectivity index (χ1) is 14.2. The largest absolute Gasteiger partial charge is 0.457 e. The highest BCUT2D eigenvalue weighted by Crippen LogP contribution is 2.22. The molecule has 0 aliphatic heterocycles. The van der Waals surface area contributed by atoms with E-state index in [0.29, 0.717) is 18.0 Å². The van der Waals surface area contributed by atoms with Gasteiger partial charge in [0.1, 0.15) is 17.2 Å². The van der Waals surface area contributed by atoms with Crippen molar-refractivity contribution in [2.24, 2.45) is 0 Å². The minimum Gasteiger partial charge on any atom is -0.457 e. The Hall–Kier alpha value is -4.06. The Labute approximate surface area is 167 Å². The standard InChI is InChI=1S/C23H19N3O3/c27-22(21-15-24-23(28)26(21)16-17-7-3-1-4-8-17)25-18-11-13-20(14-12-18)29-19-9-5-2-6-10-19/h1-15H,16H2,(H,24,28)(H,25,27). The summed E-state index contributed by atoms with van der Waals surface area (Å²) in [5.74, 6) is 1.04. The van der Waals surface area contributed by atoms with Gasteiger partial charge in [0.25, 0.3) is 5.91 Å². The molecule has 4 rings (SSSR count). The van der Waals surface area contributed by atoms with Crippen LogP contribution in [0.1, 0.15) is 16.1 Å². The van der Waals surface area contributed by atoms with Crippen LogP contribution in [0.15, 0.2) is 95.9 Å². The van der Waals surface area contributed by atoms with Gasteiger partial charge in [0, 0.05) is 11.9 Å². The molecule has 0 saturated carbocycles. The molecule has 2 N–H and O–H groups in total. The third kappa shape index (κ3) is 4.44. The number of para-hydroxylation sites is 1. The third-order valence-corrected chi connectivity index (χ3v) is 4.38. The van der Waals surface area contributed by atoms with Crippen LogP contribution in [0.2, 0.25) is 0 Å². The van der Waals surface area contributed by atoms with E-state index in [1.807, 2.05) is 60.7 Å². The molecule has 0 fully saturated rings.